The van der Waals surface area contributed by atoms with Gasteiger partial charge in [-0.25, -0.2) is 0 Å². The van der Waals surface area contributed by atoms with Crippen LogP contribution >= 0.6 is 11.6 Å². The van der Waals surface area contributed by atoms with Crippen LogP contribution in [0.3, 0.4) is 0 Å². The lowest BCUT2D eigenvalue weighted by molar-refractivity contribution is -0.139. The number of likely N-dealkylation sites (N-methyl/N-ethyl adjacent to an activating group) is 1. The molecule has 1 atom stereocenters. The Hall–Kier alpha value is -3.38. The van der Waals surface area contributed by atoms with Crippen LogP contribution in [0.4, 0.5) is 5.69 Å². The molecule has 6 nitrogen and oxygen atoms in total. The molecule has 4 rings (SSSR count). The van der Waals surface area contributed by atoms with Gasteiger partial charge in [0.2, 0.25) is 11.8 Å². The van der Waals surface area contributed by atoms with E-state index in [4.69, 9.17) is 11.6 Å². The molecule has 1 aliphatic rings. The summed E-state index contributed by atoms with van der Waals surface area (Å²) in [5.41, 5.74) is 2.10. The number of amides is 3. The SMILES string of the molecule is CNC(=O)[C@@H](C)N(Cc1cccc(Cl)c1)C(=O)CN1C(=O)c2cccc3cccc1c23. The summed E-state index contributed by atoms with van der Waals surface area (Å²) < 4.78 is 0. The van der Waals surface area contributed by atoms with Gasteiger partial charge in [-0.1, -0.05) is 48.0 Å². The van der Waals surface area contributed by atoms with Crippen molar-refractivity contribution in [2.45, 2.75) is 19.5 Å². The number of carbonyl (C=O) groups is 3. The molecule has 0 saturated carbocycles. The predicted molar refractivity (Wildman–Crippen MR) is 121 cm³/mol. The summed E-state index contributed by atoms with van der Waals surface area (Å²) in [5.74, 6) is -0.821. The van der Waals surface area contributed by atoms with E-state index in [2.05, 4.69) is 5.32 Å². The fourth-order valence-corrected chi connectivity index (χ4v) is 4.20. The van der Waals surface area contributed by atoms with Crippen molar-refractivity contribution >= 4 is 45.8 Å². The van der Waals surface area contributed by atoms with Gasteiger partial charge >= 0.3 is 0 Å². The summed E-state index contributed by atoms with van der Waals surface area (Å²) in [6.07, 6.45) is 0. The zero-order valence-electron chi connectivity index (χ0n) is 17.3. The first-order chi connectivity index (χ1) is 14.9. The number of nitrogens with one attached hydrogen (secondary N) is 1. The second kappa shape index (κ2) is 8.40. The minimum atomic E-state index is -0.715. The van der Waals surface area contributed by atoms with Gasteiger partial charge in [0, 0.05) is 29.6 Å². The first kappa shape index (κ1) is 20.9. The van der Waals surface area contributed by atoms with Crippen molar-refractivity contribution in [1.82, 2.24) is 10.2 Å². The highest BCUT2D eigenvalue weighted by atomic mass is 35.5. The molecule has 3 aromatic carbocycles. The first-order valence-corrected chi connectivity index (χ1v) is 10.4. The second-order valence-electron chi connectivity index (χ2n) is 7.51. The number of hydrogen-bond acceptors (Lipinski definition) is 3. The molecule has 7 heteroatoms. The largest absolute Gasteiger partial charge is 0.357 e. The maximum Gasteiger partial charge on any atom is 0.259 e. The highest BCUT2D eigenvalue weighted by Crippen LogP contribution is 2.37. The van der Waals surface area contributed by atoms with Crippen LogP contribution in [-0.2, 0) is 16.1 Å². The number of halogens is 1. The standard InChI is InChI=1S/C24H22ClN3O3/c1-15(23(30)26-2)27(13-16-6-3-9-18(25)12-16)21(29)14-28-20-11-5-8-17-7-4-10-19(22(17)20)24(28)31/h3-12,15H,13-14H2,1-2H3,(H,26,30)/t15-/m1/s1. The molecule has 0 radical (unpaired) electrons. The maximum atomic E-state index is 13.4. The van der Waals surface area contributed by atoms with Crippen molar-refractivity contribution < 1.29 is 14.4 Å². The van der Waals surface area contributed by atoms with E-state index in [0.29, 0.717) is 16.3 Å². The van der Waals surface area contributed by atoms with Gasteiger partial charge in [-0.2, -0.15) is 0 Å². The van der Waals surface area contributed by atoms with Crippen LogP contribution < -0.4 is 10.2 Å². The fourth-order valence-electron chi connectivity index (χ4n) is 3.99. The average Bonchev–Trinajstić information content (AvgIpc) is 3.04. The molecular formula is C24H22ClN3O3. The Morgan fingerprint density at radius 3 is 2.52 bits per heavy atom. The summed E-state index contributed by atoms with van der Waals surface area (Å²) in [6.45, 7) is 1.71. The van der Waals surface area contributed by atoms with Crippen LogP contribution in [-0.4, -0.2) is 42.3 Å². The fraction of sp³-hybridized carbons (Fsp3) is 0.208. The van der Waals surface area contributed by atoms with Crippen LogP contribution in [0, 0.1) is 0 Å². The first-order valence-electron chi connectivity index (χ1n) is 10.00. The minimum absolute atomic E-state index is 0.158. The Bertz CT molecular complexity index is 1190. The molecule has 0 spiro atoms. The molecule has 1 heterocycles. The number of rotatable bonds is 6. The lowest BCUT2D eigenvalue weighted by Gasteiger charge is -2.30. The van der Waals surface area contributed by atoms with Crippen LogP contribution in [0.2, 0.25) is 5.02 Å². The Morgan fingerprint density at radius 2 is 1.81 bits per heavy atom. The van der Waals surface area contributed by atoms with Crippen LogP contribution in [0.5, 0.6) is 0 Å². The van der Waals surface area contributed by atoms with Crippen molar-refractivity contribution in [3.63, 3.8) is 0 Å². The quantitative estimate of drug-likeness (QED) is 0.643. The van der Waals surface area contributed by atoms with Gasteiger partial charge in [0.1, 0.15) is 12.6 Å². The third-order valence-corrected chi connectivity index (χ3v) is 5.83. The highest BCUT2D eigenvalue weighted by molar-refractivity contribution is 6.30. The summed E-state index contributed by atoms with van der Waals surface area (Å²) in [5, 5.41) is 4.94. The number of benzene rings is 3. The molecule has 0 saturated heterocycles. The summed E-state index contributed by atoms with van der Waals surface area (Å²) in [6, 6.07) is 17.6. The normalized spacial score (nSPS) is 13.4. The zero-order valence-corrected chi connectivity index (χ0v) is 18.0. The third-order valence-electron chi connectivity index (χ3n) is 5.60. The Morgan fingerprint density at radius 1 is 1.10 bits per heavy atom. The average molecular weight is 436 g/mol. The topological polar surface area (TPSA) is 69.7 Å². The second-order valence-corrected chi connectivity index (χ2v) is 7.95. The maximum absolute atomic E-state index is 13.4. The Kier molecular flexibility index (Phi) is 5.65. The molecule has 0 unspecified atom stereocenters. The van der Waals surface area contributed by atoms with E-state index in [0.717, 1.165) is 16.3 Å². The lowest BCUT2D eigenvalue weighted by atomic mass is 10.1. The van der Waals surface area contributed by atoms with Gasteiger partial charge < -0.3 is 10.2 Å². The van der Waals surface area contributed by atoms with Gasteiger partial charge in [0.15, 0.2) is 0 Å². The van der Waals surface area contributed by atoms with Crippen molar-refractivity contribution in [1.29, 1.82) is 0 Å². The molecule has 3 amide bonds. The summed E-state index contributed by atoms with van der Waals surface area (Å²) in [4.78, 5) is 41.7. The number of carbonyl (C=O) groups excluding carboxylic acids is 3. The molecule has 0 fully saturated rings. The molecule has 0 aliphatic carbocycles. The van der Waals surface area contributed by atoms with E-state index in [1.54, 1.807) is 31.2 Å². The van der Waals surface area contributed by atoms with Gasteiger partial charge in [0.25, 0.3) is 5.91 Å². The highest BCUT2D eigenvalue weighted by Gasteiger charge is 2.34. The van der Waals surface area contributed by atoms with Crippen molar-refractivity contribution in [2.24, 2.45) is 0 Å². The minimum Gasteiger partial charge on any atom is -0.357 e. The number of hydrogen-bond donors (Lipinski definition) is 1. The Labute approximate surface area is 185 Å². The van der Waals surface area contributed by atoms with Crippen molar-refractivity contribution in [3.8, 4) is 0 Å². The molecule has 0 bridgehead atoms. The lowest BCUT2D eigenvalue weighted by Crippen LogP contribution is -2.50. The monoisotopic (exact) mass is 435 g/mol. The van der Waals surface area contributed by atoms with Gasteiger partial charge in [-0.05, 0) is 42.1 Å². The van der Waals surface area contributed by atoms with Gasteiger partial charge in [-0.3, -0.25) is 19.3 Å². The molecule has 1 aliphatic heterocycles. The molecular weight excluding hydrogens is 414 g/mol. The van der Waals surface area contributed by atoms with E-state index >= 15 is 0 Å². The van der Waals surface area contributed by atoms with Crippen LogP contribution in [0.25, 0.3) is 10.8 Å². The van der Waals surface area contributed by atoms with Crippen molar-refractivity contribution in [3.05, 3.63) is 76.8 Å². The smallest absolute Gasteiger partial charge is 0.259 e. The Balaban J connectivity index is 1.64. The van der Waals surface area contributed by atoms with E-state index in [1.165, 1.54) is 16.8 Å². The molecule has 1 N–H and O–H groups in total. The summed E-state index contributed by atoms with van der Waals surface area (Å²) in [7, 11) is 1.53. The predicted octanol–water partition coefficient (Wildman–Crippen LogP) is 3.62. The zero-order chi connectivity index (χ0) is 22.1. The van der Waals surface area contributed by atoms with Crippen molar-refractivity contribution in [2.75, 3.05) is 18.5 Å². The molecule has 3 aromatic rings. The summed E-state index contributed by atoms with van der Waals surface area (Å²) >= 11 is 6.10. The number of nitrogens with zero attached hydrogens (tertiary/aromatic N) is 2. The van der Waals surface area contributed by atoms with E-state index in [9.17, 15) is 14.4 Å². The van der Waals surface area contributed by atoms with E-state index in [1.807, 2.05) is 36.4 Å². The van der Waals surface area contributed by atoms with Gasteiger partial charge in [-0.15, -0.1) is 0 Å². The number of anilines is 1. The van der Waals surface area contributed by atoms with Gasteiger partial charge in [0.05, 0.1) is 5.69 Å². The van der Waals surface area contributed by atoms with Crippen LogP contribution in [0.1, 0.15) is 22.8 Å². The third kappa shape index (κ3) is 3.86. The van der Waals surface area contributed by atoms with Crippen LogP contribution in [0.15, 0.2) is 60.7 Å². The molecule has 0 aromatic heterocycles. The van der Waals surface area contributed by atoms with E-state index in [-0.39, 0.29) is 30.8 Å². The molecule has 158 valence electrons. The van der Waals surface area contributed by atoms with E-state index < -0.39 is 6.04 Å². The molecule has 31 heavy (non-hydrogen) atoms.